The SMILES string of the molecule is CCOCC(NC)c1ncccc1C. The molecule has 0 fully saturated rings. The predicted octanol–water partition coefficient (Wildman–Crippen LogP) is 1.69. The van der Waals surface area contributed by atoms with Crippen LogP contribution in [0.2, 0.25) is 0 Å². The van der Waals surface area contributed by atoms with Gasteiger partial charge in [0.2, 0.25) is 0 Å². The topological polar surface area (TPSA) is 34.1 Å². The Morgan fingerprint density at radius 2 is 2.36 bits per heavy atom. The Labute approximate surface area is 85.5 Å². The number of pyridine rings is 1. The molecule has 14 heavy (non-hydrogen) atoms. The number of hydrogen-bond acceptors (Lipinski definition) is 3. The fourth-order valence-corrected chi connectivity index (χ4v) is 1.40. The van der Waals surface area contributed by atoms with Crippen LogP contribution in [0.3, 0.4) is 0 Å². The molecule has 1 atom stereocenters. The molecule has 1 aromatic rings. The van der Waals surface area contributed by atoms with Gasteiger partial charge < -0.3 is 10.1 Å². The lowest BCUT2D eigenvalue weighted by molar-refractivity contribution is 0.124. The molecular weight excluding hydrogens is 176 g/mol. The second-order valence-electron chi connectivity index (χ2n) is 3.21. The predicted molar refractivity (Wildman–Crippen MR) is 57.3 cm³/mol. The molecule has 1 rings (SSSR count). The maximum absolute atomic E-state index is 5.39. The summed E-state index contributed by atoms with van der Waals surface area (Å²) >= 11 is 0. The number of aromatic nitrogens is 1. The molecule has 0 aromatic carbocycles. The molecule has 1 N–H and O–H groups in total. The van der Waals surface area contributed by atoms with Gasteiger partial charge in [0, 0.05) is 12.8 Å². The number of aryl methyl sites for hydroxylation is 1. The largest absolute Gasteiger partial charge is 0.380 e. The summed E-state index contributed by atoms with van der Waals surface area (Å²) in [6, 6.07) is 4.21. The van der Waals surface area contributed by atoms with E-state index >= 15 is 0 Å². The van der Waals surface area contributed by atoms with Crippen molar-refractivity contribution in [3.05, 3.63) is 29.6 Å². The van der Waals surface area contributed by atoms with Gasteiger partial charge in [-0.3, -0.25) is 4.98 Å². The van der Waals surface area contributed by atoms with Crippen molar-refractivity contribution in [2.24, 2.45) is 0 Å². The van der Waals surface area contributed by atoms with E-state index in [4.69, 9.17) is 4.74 Å². The molecule has 3 heteroatoms. The highest BCUT2D eigenvalue weighted by Crippen LogP contribution is 2.14. The Kier molecular flexibility index (Phi) is 4.56. The van der Waals surface area contributed by atoms with Gasteiger partial charge in [-0.05, 0) is 32.5 Å². The quantitative estimate of drug-likeness (QED) is 0.774. The van der Waals surface area contributed by atoms with Crippen molar-refractivity contribution in [1.29, 1.82) is 0 Å². The summed E-state index contributed by atoms with van der Waals surface area (Å²) in [5.41, 5.74) is 2.27. The van der Waals surface area contributed by atoms with Crippen molar-refractivity contribution in [1.82, 2.24) is 10.3 Å². The van der Waals surface area contributed by atoms with Crippen molar-refractivity contribution >= 4 is 0 Å². The third-order valence-electron chi connectivity index (χ3n) is 2.22. The molecule has 0 spiro atoms. The fraction of sp³-hybridized carbons (Fsp3) is 0.545. The number of hydrogen-bond donors (Lipinski definition) is 1. The van der Waals surface area contributed by atoms with Gasteiger partial charge >= 0.3 is 0 Å². The minimum absolute atomic E-state index is 0.191. The highest BCUT2D eigenvalue weighted by molar-refractivity contribution is 5.21. The van der Waals surface area contributed by atoms with Crippen molar-refractivity contribution in [2.75, 3.05) is 20.3 Å². The average molecular weight is 194 g/mol. The van der Waals surface area contributed by atoms with Gasteiger partial charge in [-0.25, -0.2) is 0 Å². The van der Waals surface area contributed by atoms with Crippen molar-refractivity contribution in [3.63, 3.8) is 0 Å². The summed E-state index contributed by atoms with van der Waals surface area (Å²) in [7, 11) is 1.93. The van der Waals surface area contributed by atoms with Gasteiger partial charge in [0.25, 0.3) is 0 Å². The Balaban J connectivity index is 2.73. The van der Waals surface area contributed by atoms with Crippen molar-refractivity contribution < 1.29 is 4.74 Å². The second kappa shape index (κ2) is 5.73. The molecule has 0 aliphatic rings. The standard InChI is InChI=1S/C11H18N2O/c1-4-14-8-10(12-3)11-9(2)6-5-7-13-11/h5-7,10,12H,4,8H2,1-3H3. The first kappa shape index (κ1) is 11.1. The normalized spacial score (nSPS) is 12.8. The third-order valence-corrected chi connectivity index (χ3v) is 2.22. The molecule has 1 heterocycles. The molecule has 0 amide bonds. The van der Waals surface area contributed by atoms with E-state index in [9.17, 15) is 0 Å². The van der Waals surface area contributed by atoms with Gasteiger partial charge in [0.05, 0.1) is 18.3 Å². The summed E-state index contributed by atoms with van der Waals surface area (Å²) in [5.74, 6) is 0. The number of nitrogens with zero attached hydrogens (tertiary/aromatic N) is 1. The maximum atomic E-state index is 5.39. The van der Waals surface area contributed by atoms with E-state index in [-0.39, 0.29) is 6.04 Å². The van der Waals surface area contributed by atoms with Gasteiger partial charge in [0.1, 0.15) is 0 Å². The lowest BCUT2D eigenvalue weighted by Crippen LogP contribution is -2.23. The zero-order valence-corrected chi connectivity index (χ0v) is 9.08. The van der Waals surface area contributed by atoms with E-state index < -0.39 is 0 Å². The van der Waals surface area contributed by atoms with E-state index in [1.165, 1.54) is 5.56 Å². The van der Waals surface area contributed by atoms with Crippen LogP contribution in [0, 0.1) is 6.92 Å². The Morgan fingerprint density at radius 1 is 1.57 bits per heavy atom. The molecule has 78 valence electrons. The molecule has 0 radical (unpaired) electrons. The molecule has 3 nitrogen and oxygen atoms in total. The molecule has 0 aliphatic carbocycles. The van der Waals surface area contributed by atoms with Crippen LogP contribution >= 0.6 is 0 Å². The summed E-state index contributed by atoms with van der Waals surface area (Å²) in [4.78, 5) is 4.36. The molecule has 0 bridgehead atoms. The van der Waals surface area contributed by atoms with Crippen LogP contribution < -0.4 is 5.32 Å². The lowest BCUT2D eigenvalue weighted by atomic mass is 10.1. The molecule has 0 saturated carbocycles. The van der Waals surface area contributed by atoms with Gasteiger partial charge in [-0.15, -0.1) is 0 Å². The van der Waals surface area contributed by atoms with E-state index in [0.29, 0.717) is 6.61 Å². The highest BCUT2D eigenvalue weighted by atomic mass is 16.5. The highest BCUT2D eigenvalue weighted by Gasteiger charge is 2.12. The number of likely N-dealkylation sites (N-methyl/N-ethyl adjacent to an activating group) is 1. The summed E-state index contributed by atoms with van der Waals surface area (Å²) in [6.07, 6.45) is 1.82. The Bertz CT molecular complexity index is 276. The van der Waals surface area contributed by atoms with Gasteiger partial charge in [-0.1, -0.05) is 6.07 Å². The van der Waals surface area contributed by atoms with Gasteiger partial charge in [-0.2, -0.15) is 0 Å². The van der Waals surface area contributed by atoms with Crippen LogP contribution in [-0.2, 0) is 4.74 Å². The molecule has 0 saturated heterocycles. The van der Waals surface area contributed by atoms with E-state index in [1.807, 2.05) is 26.2 Å². The van der Waals surface area contributed by atoms with Crippen LogP contribution in [0.5, 0.6) is 0 Å². The van der Waals surface area contributed by atoms with Crippen LogP contribution in [-0.4, -0.2) is 25.2 Å². The summed E-state index contributed by atoms with van der Waals surface area (Å²) < 4.78 is 5.39. The maximum Gasteiger partial charge on any atom is 0.0732 e. The average Bonchev–Trinajstić information content (AvgIpc) is 2.21. The first-order valence-electron chi connectivity index (χ1n) is 4.96. The Morgan fingerprint density at radius 3 is 2.93 bits per heavy atom. The summed E-state index contributed by atoms with van der Waals surface area (Å²) in [5, 5.41) is 3.21. The van der Waals surface area contributed by atoms with E-state index in [1.54, 1.807) is 0 Å². The first-order valence-corrected chi connectivity index (χ1v) is 4.96. The van der Waals surface area contributed by atoms with Crippen LogP contribution in [0.1, 0.15) is 24.2 Å². The van der Waals surface area contributed by atoms with Crippen molar-refractivity contribution in [2.45, 2.75) is 19.9 Å². The summed E-state index contributed by atoms with van der Waals surface area (Å²) in [6.45, 7) is 5.48. The number of ether oxygens (including phenoxy) is 1. The number of nitrogens with one attached hydrogen (secondary N) is 1. The number of rotatable bonds is 5. The van der Waals surface area contributed by atoms with Crippen LogP contribution in [0.15, 0.2) is 18.3 Å². The minimum Gasteiger partial charge on any atom is -0.380 e. The molecule has 0 aliphatic heterocycles. The first-order chi connectivity index (χ1) is 6.79. The molecule has 1 unspecified atom stereocenters. The van der Waals surface area contributed by atoms with Crippen LogP contribution in [0.25, 0.3) is 0 Å². The second-order valence-corrected chi connectivity index (χ2v) is 3.21. The zero-order valence-electron chi connectivity index (χ0n) is 9.08. The fourth-order valence-electron chi connectivity index (χ4n) is 1.40. The molecule has 1 aromatic heterocycles. The smallest absolute Gasteiger partial charge is 0.0732 e. The Hall–Kier alpha value is -0.930. The van der Waals surface area contributed by atoms with Crippen LogP contribution in [0.4, 0.5) is 0 Å². The lowest BCUT2D eigenvalue weighted by Gasteiger charge is -2.17. The van der Waals surface area contributed by atoms with E-state index in [0.717, 1.165) is 12.3 Å². The molecular formula is C11H18N2O. The van der Waals surface area contributed by atoms with Gasteiger partial charge in [0.15, 0.2) is 0 Å². The minimum atomic E-state index is 0.191. The van der Waals surface area contributed by atoms with E-state index in [2.05, 4.69) is 23.3 Å². The zero-order chi connectivity index (χ0) is 10.4. The third kappa shape index (κ3) is 2.79. The monoisotopic (exact) mass is 194 g/mol. The van der Waals surface area contributed by atoms with Crippen molar-refractivity contribution in [3.8, 4) is 0 Å².